The van der Waals surface area contributed by atoms with E-state index < -0.39 is 0 Å². The first-order valence-electron chi connectivity index (χ1n) is 4.61. The molecule has 0 aliphatic rings. The maximum absolute atomic E-state index is 5.97. The summed E-state index contributed by atoms with van der Waals surface area (Å²) in [6, 6.07) is 8.19. The number of nitrogens with two attached hydrogens (primary N) is 1. The molecule has 3 N–H and O–H groups in total. The van der Waals surface area contributed by atoms with Crippen LogP contribution < -0.4 is 5.73 Å². The first-order valence-corrected chi connectivity index (χ1v) is 5.69. The molecule has 0 fully saturated rings. The second-order valence-corrected chi connectivity index (χ2v) is 4.55. The van der Waals surface area contributed by atoms with Gasteiger partial charge in [-0.3, -0.25) is 5.10 Å². The van der Waals surface area contributed by atoms with Crippen LogP contribution in [0.25, 0.3) is 0 Å². The van der Waals surface area contributed by atoms with Crippen LogP contribution in [0.5, 0.6) is 0 Å². The Labute approximate surface area is 101 Å². The third kappa shape index (κ3) is 2.75. The molecule has 0 spiro atoms. The van der Waals surface area contributed by atoms with Gasteiger partial charge < -0.3 is 5.73 Å². The number of hydrogen-bond acceptors (Lipinski definition) is 3. The molecule has 0 saturated carbocycles. The molecule has 5 heteroatoms. The summed E-state index contributed by atoms with van der Waals surface area (Å²) in [5.41, 5.74) is 7.18. The summed E-state index contributed by atoms with van der Waals surface area (Å²) < 4.78 is 1.23. The number of benzene rings is 1. The van der Waals surface area contributed by atoms with Crippen LogP contribution in [0.3, 0.4) is 0 Å². The van der Waals surface area contributed by atoms with E-state index in [-0.39, 0.29) is 6.04 Å². The molecule has 0 saturated heterocycles. The zero-order chi connectivity index (χ0) is 10.7. The summed E-state index contributed by atoms with van der Waals surface area (Å²) in [6.07, 6.45) is 2.25. The third-order valence-electron chi connectivity index (χ3n) is 2.15. The van der Waals surface area contributed by atoms with Gasteiger partial charge in [0.1, 0.15) is 12.2 Å². The van der Waals surface area contributed by atoms with Crippen molar-refractivity contribution in [2.24, 2.45) is 5.73 Å². The summed E-state index contributed by atoms with van der Waals surface area (Å²) >= 11 is 2.28. The molecule has 1 atom stereocenters. The predicted octanol–water partition coefficient (Wildman–Crippen LogP) is 1.65. The Hall–Kier alpha value is -0.950. The van der Waals surface area contributed by atoms with Gasteiger partial charge in [-0.2, -0.15) is 5.10 Å². The maximum atomic E-state index is 5.97. The van der Waals surface area contributed by atoms with Gasteiger partial charge in [-0.15, -0.1) is 0 Å². The van der Waals surface area contributed by atoms with E-state index in [1.54, 1.807) is 0 Å². The maximum Gasteiger partial charge on any atom is 0.141 e. The molecule has 0 amide bonds. The van der Waals surface area contributed by atoms with Crippen molar-refractivity contribution in [1.29, 1.82) is 0 Å². The quantitative estimate of drug-likeness (QED) is 0.847. The molecule has 4 nitrogen and oxygen atoms in total. The zero-order valence-corrected chi connectivity index (χ0v) is 10.2. The van der Waals surface area contributed by atoms with Crippen molar-refractivity contribution >= 4 is 22.6 Å². The molecule has 0 aliphatic heterocycles. The molecule has 1 unspecified atom stereocenters. The number of rotatable bonds is 3. The van der Waals surface area contributed by atoms with E-state index >= 15 is 0 Å². The number of H-pyrrole nitrogens is 1. The Balaban J connectivity index is 2.06. The molecule has 15 heavy (non-hydrogen) atoms. The zero-order valence-electron chi connectivity index (χ0n) is 8.02. The number of nitrogens with zero attached hydrogens (tertiary/aromatic N) is 2. The number of aromatic nitrogens is 3. The second-order valence-electron chi connectivity index (χ2n) is 3.31. The van der Waals surface area contributed by atoms with Gasteiger partial charge in [0.25, 0.3) is 0 Å². The number of halogens is 1. The van der Waals surface area contributed by atoms with Crippen LogP contribution in [-0.2, 0) is 6.42 Å². The standard InChI is InChI=1S/C10H11IN4/c11-8-3-1-7(2-4-8)5-9(12)10-13-6-14-15-10/h1-4,6,9H,5,12H2,(H,13,14,15). The number of hydrogen-bond donors (Lipinski definition) is 2. The van der Waals surface area contributed by atoms with E-state index in [0.29, 0.717) is 0 Å². The van der Waals surface area contributed by atoms with Gasteiger partial charge in [0.05, 0.1) is 6.04 Å². The first kappa shape index (κ1) is 10.6. The van der Waals surface area contributed by atoms with Gasteiger partial charge in [0.15, 0.2) is 0 Å². The average molecular weight is 314 g/mol. The lowest BCUT2D eigenvalue weighted by molar-refractivity contribution is 0.671. The Kier molecular flexibility index (Phi) is 3.32. The minimum Gasteiger partial charge on any atom is -0.321 e. The van der Waals surface area contributed by atoms with Gasteiger partial charge in [0, 0.05) is 3.57 Å². The van der Waals surface area contributed by atoms with Gasteiger partial charge in [-0.1, -0.05) is 12.1 Å². The van der Waals surface area contributed by atoms with Crippen molar-refractivity contribution in [3.05, 3.63) is 45.6 Å². The SMILES string of the molecule is NC(Cc1ccc(I)cc1)c1ncn[nH]1. The smallest absolute Gasteiger partial charge is 0.141 e. The van der Waals surface area contributed by atoms with Crippen LogP contribution in [0.2, 0.25) is 0 Å². The van der Waals surface area contributed by atoms with Crippen LogP contribution in [0.1, 0.15) is 17.4 Å². The van der Waals surface area contributed by atoms with Crippen LogP contribution in [0, 0.1) is 3.57 Å². The van der Waals surface area contributed by atoms with Crippen LogP contribution in [-0.4, -0.2) is 15.2 Å². The fourth-order valence-electron chi connectivity index (χ4n) is 1.36. The molecular formula is C10H11IN4. The Morgan fingerprint density at radius 3 is 2.67 bits per heavy atom. The Morgan fingerprint density at radius 2 is 2.07 bits per heavy atom. The number of nitrogens with one attached hydrogen (secondary N) is 1. The highest BCUT2D eigenvalue weighted by atomic mass is 127. The molecule has 1 aromatic heterocycles. The normalized spacial score (nSPS) is 12.7. The summed E-state index contributed by atoms with van der Waals surface area (Å²) in [5, 5.41) is 6.56. The van der Waals surface area contributed by atoms with Crippen LogP contribution in [0.4, 0.5) is 0 Å². The van der Waals surface area contributed by atoms with Gasteiger partial charge in [0.2, 0.25) is 0 Å². The van der Waals surface area contributed by atoms with Crippen molar-refractivity contribution in [1.82, 2.24) is 15.2 Å². The summed E-state index contributed by atoms with van der Waals surface area (Å²) in [7, 11) is 0. The Morgan fingerprint density at radius 1 is 1.33 bits per heavy atom. The largest absolute Gasteiger partial charge is 0.321 e. The van der Waals surface area contributed by atoms with Crippen molar-refractivity contribution in [3.63, 3.8) is 0 Å². The highest BCUT2D eigenvalue weighted by molar-refractivity contribution is 14.1. The lowest BCUT2D eigenvalue weighted by atomic mass is 10.1. The molecule has 0 bridgehead atoms. The molecule has 78 valence electrons. The highest BCUT2D eigenvalue weighted by Gasteiger charge is 2.09. The predicted molar refractivity (Wildman–Crippen MR) is 66.2 cm³/mol. The molecule has 2 rings (SSSR count). The minimum atomic E-state index is -0.118. The molecular weight excluding hydrogens is 303 g/mol. The van der Waals surface area contributed by atoms with E-state index in [9.17, 15) is 0 Å². The number of aromatic amines is 1. The fourth-order valence-corrected chi connectivity index (χ4v) is 1.72. The van der Waals surface area contributed by atoms with Crippen molar-refractivity contribution in [3.8, 4) is 0 Å². The van der Waals surface area contributed by atoms with Gasteiger partial charge >= 0.3 is 0 Å². The summed E-state index contributed by atoms with van der Waals surface area (Å²) in [4.78, 5) is 4.04. The van der Waals surface area contributed by atoms with Crippen LogP contribution >= 0.6 is 22.6 Å². The molecule has 1 aromatic carbocycles. The van der Waals surface area contributed by atoms with Crippen molar-refractivity contribution in [2.45, 2.75) is 12.5 Å². The summed E-state index contributed by atoms with van der Waals surface area (Å²) in [5.74, 6) is 0.730. The third-order valence-corrected chi connectivity index (χ3v) is 2.87. The average Bonchev–Trinajstić information content (AvgIpc) is 2.74. The fraction of sp³-hybridized carbons (Fsp3) is 0.200. The molecule has 0 radical (unpaired) electrons. The highest BCUT2D eigenvalue weighted by Crippen LogP contribution is 2.13. The van der Waals surface area contributed by atoms with Gasteiger partial charge in [-0.25, -0.2) is 4.98 Å². The second kappa shape index (κ2) is 4.71. The van der Waals surface area contributed by atoms with Crippen molar-refractivity contribution < 1.29 is 0 Å². The van der Waals surface area contributed by atoms with E-state index in [1.165, 1.54) is 15.5 Å². The van der Waals surface area contributed by atoms with Gasteiger partial charge in [-0.05, 0) is 46.7 Å². The van der Waals surface area contributed by atoms with E-state index in [4.69, 9.17) is 5.73 Å². The minimum absolute atomic E-state index is 0.118. The van der Waals surface area contributed by atoms with E-state index in [0.717, 1.165) is 12.2 Å². The summed E-state index contributed by atoms with van der Waals surface area (Å²) in [6.45, 7) is 0. The molecule has 0 aliphatic carbocycles. The molecule has 1 heterocycles. The first-order chi connectivity index (χ1) is 7.25. The van der Waals surface area contributed by atoms with E-state index in [2.05, 4.69) is 62.0 Å². The van der Waals surface area contributed by atoms with Crippen LogP contribution in [0.15, 0.2) is 30.6 Å². The monoisotopic (exact) mass is 314 g/mol. The topological polar surface area (TPSA) is 67.6 Å². The lowest BCUT2D eigenvalue weighted by Crippen LogP contribution is -2.15. The molecule has 2 aromatic rings. The van der Waals surface area contributed by atoms with E-state index in [1.807, 2.05) is 0 Å². The lowest BCUT2D eigenvalue weighted by Gasteiger charge is -2.07. The Bertz CT molecular complexity index is 409. The van der Waals surface area contributed by atoms with Crippen molar-refractivity contribution in [2.75, 3.05) is 0 Å².